The summed E-state index contributed by atoms with van der Waals surface area (Å²) in [4.78, 5) is 0. The molecule has 0 aliphatic carbocycles. The Morgan fingerprint density at radius 1 is 1.10 bits per heavy atom. The summed E-state index contributed by atoms with van der Waals surface area (Å²) < 4.78 is 1.63. The molecule has 0 aliphatic rings. The molecule has 0 bridgehead atoms. The largest absolute Gasteiger partial charge is 0.398 e. The maximum Gasteiger partial charge on any atom is 0.187 e. The number of nitrogens with two attached hydrogens (primary N) is 1. The zero-order valence-electron chi connectivity index (χ0n) is 11.1. The van der Waals surface area contributed by atoms with Gasteiger partial charge in [0.15, 0.2) is 5.82 Å². The summed E-state index contributed by atoms with van der Waals surface area (Å²) in [6.45, 7) is 1.92. The van der Waals surface area contributed by atoms with E-state index in [0.29, 0.717) is 21.6 Å². The van der Waals surface area contributed by atoms with Crippen molar-refractivity contribution in [3.63, 3.8) is 0 Å². The Balaban J connectivity index is 2.17. The molecule has 5 nitrogen and oxygen atoms in total. The number of benzene rings is 2. The number of halogens is 2. The van der Waals surface area contributed by atoms with Crippen LogP contribution >= 0.6 is 23.2 Å². The van der Waals surface area contributed by atoms with E-state index in [4.69, 9.17) is 28.9 Å². The number of nitrogen functional groups attached to an aromatic ring is 1. The first-order chi connectivity index (χ1) is 10.1. The minimum atomic E-state index is 0.478. The van der Waals surface area contributed by atoms with E-state index >= 15 is 0 Å². The Hall–Kier alpha value is -2.11. The molecule has 0 saturated heterocycles. The van der Waals surface area contributed by atoms with Crippen molar-refractivity contribution < 1.29 is 0 Å². The van der Waals surface area contributed by atoms with E-state index in [1.807, 2.05) is 31.2 Å². The first-order valence-electron chi connectivity index (χ1n) is 6.17. The number of anilines is 1. The zero-order chi connectivity index (χ0) is 15.0. The SMILES string of the molecule is Cc1c(Cl)cccc1-n1nnnc1-c1ccc(Cl)c(N)c1. The normalized spacial score (nSPS) is 10.8. The summed E-state index contributed by atoms with van der Waals surface area (Å²) in [5.41, 5.74) is 8.81. The predicted octanol–water partition coefficient (Wildman–Crippen LogP) is 3.53. The number of nitrogens with zero attached hydrogens (tertiary/aromatic N) is 4. The topological polar surface area (TPSA) is 69.6 Å². The van der Waals surface area contributed by atoms with Crippen LogP contribution in [0.25, 0.3) is 17.1 Å². The molecule has 0 atom stereocenters. The highest BCUT2D eigenvalue weighted by Crippen LogP contribution is 2.28. The predicted molar refractivity (Wildman–Crippen MR) is 83.8 cm³/mol. The summed E-state index contributed by atoms with van der Waals surface area (Å²) in [7, 11) is 0. The van der Waals surface area contributed by atoms with Crippen LogP contribution in [0.3, 0.4) is 0 Å². The number of rotatable bonds is 2. The van der Waals surface area contributed by atoms with Gasteiger partial charge < -0.3 is 5.73 Å². The lowest BCUT2D eigenvalue weighted by atomic mass is 10.1. The third-order valence-electron chi connectivity index (χ3n) is 3.19. The summed E-state index contributed by atoms with van der Waals surface area (Å²) in [6.07, 6.45) is 0. The first-order valence-corrected chi connectivity index (χ1v) is 6.93. The molecule has 0 unspecified atom stereocenters. The van der Waals surface area contributed by atoms with Gasteiger partial charge >= 0.3 is 0 Å². The first kappa shape index (κ1) is 13.9. The zero-order valence-corrected chi connectivity index (χ0v) is 12.6. The molecule has 106 valence electrons. The molecule has 0 saturated carbocycles. The van der Waals surface area contributed by atoms with Gasteiger partial charge in [-0.15, -0.1) is 5.10 Å². The Morgan fingerprint density at radius 3 is 2.67 bits per heavy atom. The van der Waals surface area contributed by atoms with Gasteiger partial charge in [0.1, 0.15) is 0 Å². The lowest BCUT2D eigenvalue weighted by molar-refractivity contribution is 0.787. The van der Waals surface area contributed by atoms with Gasteiger partial charge in [0.05, 0.1) is 16.4 Å². The quantitative estimate of drug-likeness (QED) is 0.733. The van der Waals surface area contributed by atoms with Gasteiger partial charge in [-0.2, -0.15) is 4.68 Å². The van der Waals surface area contributed by atoms with Gasteiger partial charge in [-0.05, 0) is 53.2 Å². The molecule has 0 spiro atoms. The number of hydrogen-bond donors (Lipinski definition) is 1. The standard InChI is InChI=1S/C14H11Cl2N5/c1-8-10(15)3-2-4-13(8)21-14(18-19-20-21)9-5-6-11(16)12(17)7-9/h2-7H,17H2,1H3. The molecule has 3 rings (SSSR count). The van der Waals surface area contributed by atoms with E-state index in [0.717, 1.165) is 16.8 Å². The lowest BCUT2D eigenvalue weighted by Crippen LogP contribution is -2.02. The van der Waals surface area contributed by atoms with E-state index in [1.165, 1.54) is 0 Å². The van der Waals surface area contributed by atoms with Crippen LogP contribution in [0, 0.1) is 6.92 Å². The average Bonchev–Trinajstić information content (AvgIpc) is 2.94. The number of aromatic nitrogens is 4. The van der Waals surface area contributed by atoms with Gasteiger partial charge in [0.25, 0.3) is 0 Å². The van der Waals surface area contributed by atoms with Crippen molar-refractivity contribution in [2.45, 2.75) is 6.92 Å². The molecule has 0 radical (unpaired) electrons. The summed E-state index contributed by atoms with van der Waals surface area (Å²) in [5.74, 6) is 0.573. The smallest absolute Gasteiger partial charge is 0.187 e. The van der Waals surface area contributed by atoms with Gasteiger partial charge in [-0.25, -0.2) is 0 Å². The molecule has 0 amide bonds. The Labute approximate surface area is 131 Å². The fourth-order valence-electron chi connectivity index (χ4n) is 2.04. The van der Waals surface area contributed by atoms with E-state index in [2.05, 4.69) is 15.5 Å². The van der Waals surface area contributed by atoms with E-state index < -0.39 is 0 Å². The molecular formula is C14H11Cl2N5. The van der Waals surface area contributed by atoms with Crippen LogP contribution in [0.4, 0.5) is 5.69 Å². The second-order valence-electron chi connectivity index (χ2n) is 4.53. The second kappa shape index (κ2) is 5.35. The van der Waals surface area contributed by atoms with E-state index in [1.54, 1.807) is 16.8 Å². The highest BCUT2D eigenvalue weighted by molar-refractivity contribution is 6.33. The molecular weight excluding hydrogens is 309 g/mol. The van der Waals surface area contributed by atoms with Crippen molar-refractivity contribution in [3.05, 3.63) is 52.0 Å². The Kier molecular flexibility index (Phi) is 3.53. The van der Waals surface area contributed by atoms with E-state index in [9.17, 15) is 0 Å². The fourth-order valence-corrected chi connectivity index (χ4v) is 2.32. The minimum Gasteiger partial charge on any atom is -0.398 e. The molecule has 1 aromatic heterocycles. The van der Waals surface area contributed by atoms with Gasteiger partial charge in [0, 0.05) is 10.6 Å². The van der Waals surface area contributed by atoms with Crippen LogP contribution in [0.1, 0.15) is 5.56 Å². The fraction of sp³-hybridized carbons (Fsp3) is 0.0714. The van der Waals surface area contributed by atoms with Crippen LogP contribution < -0.4 is 5.73 Å². The van der Waals surface area contributed by atoms with Crippen LogP contribution in [0.2, 0.25) is 10.0 Å². The summed E-state index contributed by atoms with van der Waals surface area (Å²) >= 11 is 12.1. The van der Waals surface area contributed by atoms with Crippen LogP contribution in [-0.4, -0.2) is 20.2 Å². The molecule has 2 N–H and O–H groups in total. The summed E-state index contributed by atoms with van der Waals surface area (Å²) in [5, 5.41) is 13.0. The van der Waals surface area contributed by atoms with Crippen molar-refractivity contribution >= 4 is 28.9 Å². The van der Waals surface area contributed by atoms with Crippen molar-refractivity contribution in [2.24, 2.45) is 0 Å². The van der Waals surface area contributed by atoms with E-state index in [-0.39, 0.29) is 0 Å². The highest BCUT2D eigenvalue weighted by atomic mass is 35.5. The highest BCUT2D eigenvalue weighted by Gasteiger charge is 2.14. The monoisotopic (exact) mass is 319 g/mol. The van der Waals surface area contributed by atoms with Gasteiger partial charge in [0.2, 0.25) is 0 Å². The average molecular weight is 320 g/mol. The second-order valence-corrected chi connectivity index (χ2v) is 5.35. The molecule has 3 aromatic rings. The third-order valence-corrected chi connectivity index (χ3v) is 3.94. The van der Waals surface area contributed by atoms with Crippen molar-refractivity contribution in [2.75, 3.05) is 5.73 Å². The lowest BCUT2D eigenvalue weighted by Gasteiger charge is -2.09. The van der Waals surface area contributed by atoms with Crippen LogP contribution in [-0.2, 0) is 0 Å². The Morgan fingerprint density at radius 2 is 1.90 bits per heavy atom. The van der Waals surface area contributed by atoms with Crippen molar-refractivity contribution in [1.82, 2.24) is 20.2 Å². The summed E-state index contributed by atoms with van der Waals surface area (Å²) in [6, 6.07) is 10.9. The molecule has 0 aliphatic heterocycles. The minimum absolute atomic E-state index is 0.478. The number of tetrazole rings is 1. The van der Waals surface area contributed by atoms with Gasteiger partial charge in [-0.3, -0.25) is 0 Å². The van der Waals surface area contributed by atoms with Crippen LogP contribution in [0.15, 0.2) is 36.4 Å². The maximum atomic E-state index is 6.16. The molecule has 2 aromatic carbocycles. The Bertz CT molecular complexity index is 813. The van der Waals surface area contributed by atoms with Crippen molar-refractivity contribution in [3.8, 4) is 17.1 Å². The van der Waals surface area contributed by atoms with Gasteiger partial charge in [-0.1, -0.05) is 29.3 Å². The third kappa shape index (κ3) is 2.46. The molecule has 7 heteroatoms. The maximum absolute atomic E-state index is 6.16. The van der Waals surface area contributed by atoms with Crippen LogP contribution in [0.5, 0.6) is 0 Å². The molecule has 1 heterocycles. The van der Waals surface area contributed by atoms with Crippen molar-refractivity contribution in [1.29, 1.82) is 0 Å². The molecule has 21 heavy (non-hydrogen) atoms. The number of hydrogen-bond acceptors (Lipinski definition) is 4. The molecule has 0 fully saturated rings.